The van der Waals surface area contributed by atoms with E-state index < -0.39 is 0 Å². The number of pyridine rings is 1. The maximum absolute atomic E-state index is 12.5. The van der Waals surface area contributed by atoms with Gasteiger partial charge in [-0.1, -0.05) is 12.8 Å². The van der Waals surface area contributed by atoms with Crippen LogP contribution in [0.15, 0.2) is 36.0 Å². The van der Waals surface area contributed by atoms with E-state index in [9.17, 15) is 9.59 Å². The van der Waals surface area contributed by atoms with Gasteiger partial charge in [-0.15, -0.1) is 0 Å². The average Bonchev–Trinajstić information content (AvgIpc) is 3.39. The van der Waals surface area contributed by atoms with Crippen molar-refractivity contribution in [2.24, 2.45) is 18.0 Å². The van der Waals surface area contributed by atoms with E-state index >= 15 is 0 Å². The number of likely N-dealkylation sites (tertiary alicyclic amines) is 1. The number of hydrogen-bond acceptors (Lipinski definition) is 5. The Balaban J connectivity index is 1.11. The van der Waals surface area contributed by atoms with E-state index in [0.717, 1.165) is 56.4 Å². The summed E-state index contributed by atoms with van der Waals surface area (Å²) >= 11 is 0. The van der Waals surface area contributed by atoms with Crippen molar-refractivity contribution in [3.05, 3.63) is 42.2 Å². The molecule has 4 heterocycles. The number of piperidine rings is 1. The minimum Gasteiger partial charge on any atom is -0.351 e. The highest BCUT2D eigenvalue weighted by Crippen LogP contribution is 2.25. The van der Waals surface area contributed by atoms with Crippen LogP contribution in [0.2, 0.25) is 0 Å². The Morgan fingerprint density at radius 1 is 1.23 bits per heavy atom. The fourth-order valence-corrected chi connectivity index (χ4v) is 4.13. The summed E-state index contributed by atoms with van der Waals surface area (Å²) in [6.45, 7) is 2.27. The topological polar surface area (TPSA) is 92.5 Å². The summed E-state index contributed by atoms with van der Waals surface area (Å²) in [5, 5.41) is 2.99. The summed E-state index contributed by atoms with van der Waals surface area (Å²) in [4.78, 5) is 39.3. The zero-order chi connectivity index (χ0) is 20.9. The molecule has 2 aliphatic rings. The number of aliphatic imine (C=N–C) groups is 1. The summed E-state index contributed by atoms with van der Waals surface area (Å²) in [6.07, 6.45) is 12.7. The number of aromatic nitrogens is 3. The van der Waals surface area contributed by atoms with Crippen LogP contribution in [0.25, 0.3) is 0 Å². The predicted octanol–water partition coefficient (Wildman–Crippen LogP) is 2.28. The number of unbranched alkanes of at least 4 members (excludes halogenated alkanes) is 1. The molecule has 2 aliphatic heterocycles. The summed E-state index contributed by atoms with van der Waals surface area (Å²) in [5.74, 6) is 0.603. The fraction of sp³-hybridized carbons (Fsp3) is 0.500. The number of imidazole rings is 1. The van der Waals surface area contributed by atoms with Gasteiger partial charge in [0, 0.05) is 57.3 Å². The molecule has 0 radical (unpaired) electrons. The molecule has 4 rings (SSSR count). The number of carbonyl (C=O) groups excluding carboxylic acids is 2. The molecule has 158 valence electrons. The molecule has 0 bridgehead atoms. The molecular weight excluding hydrogens is 380 g/mol. The molecule has 8 heteroatoms. The number of rotatable bonds is 7. The van der Waals surface area contributed by atoms with Gasteiger partial charge in [-0.05, 0) is 31.2 Å². The van der Waals surface area contributed by atoms with E-state index in [1.807, 2.05) is 18.0 Å². The third-order valence-electron chi connectivity index (χ3n) is 5.90. The summed E-state index contributed by atoms with van der Waals surface area (Å²) in [6, 6.07) is 1.84. The van der Waals surface area contributed by atoms with Crippen LogP contribution in [0, 0.1) is 5.92 Å². The molecule has 0 aromatic carbocycles. The Kier molecular flexibility index (Phi) is 6.21. The Bertz CT molecular complexity index is 943. The zero-order valence-electron chi connectivity index (χ0n) is 17.4. The summed E-state index contributed by atoms with van der Waals surface area (Å²) in [7, 11) is 1.87. The van der Waals surface area contributed by atoms with Gasteiger partial charge in [-0.25, -0.2) is 9.98 Å². The van der Waals surface area contributed by atoms with E-state index in [-0.39, 0.29) is 11.8 Å². The van der Waals surface area contributed by atoms with Crippen LogP contribution in [0.1, 0.15) is 48.2 Å². The fourth-order valence-electron chi connectivity index (χ4n) is 4.13. The number of aryl methyl sites for hydroxylation is 1. The third kappa shape index (κ3) is 4.75. The van der Waals surface area contributed by atoms with E-state index in [1.165, 1.54) is 0 Å². The van der Waals surface area contributed by atoms with Crippen LogP contribution in [0.5, 0.6) is 0 Å². The Hall–Kier alpha value is -3.03. The molecule has 30 heavy (non-hydrogen) atoms. The lowest BCUT2D eigenvalue weighted by atomic mass is 9.91. The van der Waals surface area contributed by atoms with Crippen LogP contribution >= 0.6 is 0 Å². The van der Waals surface area contributed by atoms with Crippen molar-refractivity contribution in [3.8, 4) is 0 Å². The van der Waals surface area contributed by atoms with Crippen molar-refractivity contribution in [2.75, 3.05) is 19.6 Å². The van der Waals surface area contributed by atoms with Crippen LogP contribution in [-0.4, -0.2) is 56.6 Å². The van der Waals surface area contributed by atoms with E-state index in [4.69, 9.17) is 0 Å². The largest absolute Gasteiger partial charge is 0.351 e. The lowest BCUT2D eigenvalue weighted by molar-refractivity contribution is -0.114. The average molecular weight is 409 g/mol. The monoisotopic (exact) mass is 408 g/mol. The highest BCUT2D eigenvalue weighted by Gasteiger charge is 2.24. The lowest BCUT2D eigenvalue weighted by Gasteiger charge is -2.31. The Labute approximate surface area is 176 Å². The molecule has 0 saturated carbocycles. The molecule has 0 spiro atoms. The lowest BCUT2D eigenvalue weighted by Crippen LogP contribution is -2.38. The van der Waals surface area contributed by atoms with Gasteiger partial charge in [0.1, 0.15) is 11.4 Å². The van der Waals surface area contributed by atoms with Crippen molar-refractivity contribution in [1.82, 2.24) is 24.8 Å². The summed E-state index contributed by atoms with van der Waals surface area (Å²) < 4.78 is 1.80. The van der Waals surface area contributed by atoms with Gasteiger partial charge in [0.25, 0.3) is 11.8 Å². The molecule has 0 aliphatic carbocycles. The molecule has 1 N–H and O–H groups in total. The second-order valence-electron chi connectivity index (χ2n) is 8.15. The first-order valence-electron chi connectivity index (χ1n) is 10.7. The molecule has 1 saturated heterocycles. The first kappa shape index (κ1) is 20.3. The van der Waals surface area contributed by atoms with Crippen molar-refractivity contribution in [3.63, 3.8) is 0 Å². The molecule has 0 unspecified atom stereocenters. The number of carbonyl (C=O) groups is 2. The van der Waals surface area contributed by atoms with Gasteiger partial charge in [-0.2, -0.15) is 0 Å². The number of nitrogens with one attached hydrogen (secondary N) is 1. The first-order valence-corrected chi connectivity index (χ1v) is 10.7. The van der Waals surface area contributed by atoms with Gasteiger partial charge in [-0.3, -0.25) is 14.6 Å². The molecular formula is C22H28N6O2. The second-order valence-corrected chi connectivity index (χ2v) is 8.15. The second kappa shape index (κ2) is 9.19. The van der Waals surface area contributed by atoms with Crippen LogP contribution in [0.3, 0.4) is 0 Å². The molecule has 2 amide bonds. The van der Waals surface area contributed by atoms with Gasteiger partial charge < -0.3 is 14.8 Å². The van der Waals surface area contributed by atoms with Gasteiger partial charge in [0.15, 0.2) is 0 Å². The third-order valence-corrected chi connectivity index (χ3v) is 5.90. The standard InChI is InChI=1S/C22H28N6O2/c1-27-14-20(25-15-27)22(30)28-10-6-16(7-11-28)4-2-3-8-24-21(29)19-12-17-13-23-9-5-18(17)26-19/h5,9,13-16H,2-4,6-8,10-12H2,1H3,(H,24,29). The molecule has 0 atom stereocenters. The number of hydrogen-bond donors (Lipinski definition) is 1. The number of amides is 2. The maximum Gasteiger partial charge on any atom is 0.274 e. The van der Waals surface area contributed by atoms with Gasteiger partial charge in [0.2, 0.25) is 0 Å². The van der Waals surface area contributed by atoms with Crippen molar-refractivity contribution in [2.45, 2.75) is 38.5 Å². The van der Waals surface area contributed by atoms with Crippen LogP contribution < -0.4 is 5.32 Å². The summed E-state index contributed by atoms with van der Waals surface area (Å²) in [5.41, 5.74) is 2.96. The van der Waals surface area contributed by atoms with Crippen molar-refractivity contribution < 1.29 is 9.59 Å². The van der Waals surface area contributed by atoms with Crippen molar-refractivity contribution in [1.29, 1.82) is 0 Å². The highest BCUT2D eigenvalue weighted by molar-refractivity contribution is 6.40. The quantitative estimate of drug-likeness (QED) is 0.712. The van der Waals surface area contributed by atoms with Crippen molar-refractivity contribution >= 4 is 23.2 Å². The Morgan fingerprint density at radius 3 is 2.80 bits per heavy atom. The minimum absolute atomic E-state index is 0.0320. The predicted molar refractivity (Wildman–Crippen MR) is 114 cm³/mol. The van der Waals surface area contributed by atoms with E-state index in [2.05, 4.69) is 20.3 Å². The zero-order valence-corrected chi connectivity index (χ0v) is 17.4. The first-order chi connectivity index (χ1) is 14.6. The number of fused-ring (bicyclic) bond motifs is 1. The maximum atomic E-state index is 12.5. The smallest absolute Gasteiger partial charge is 0.274 e. The van der Waals surface area contributed by atoms with Gasteiger partial charge >= 0.3 is 0 Å². The highest BCUT2D eigenvalue weighted by atomic mass is 16.2. The van der Waals surface area contributed by atoms with E-state index in [1.54, 1.807) is 29.5 Å². The Morgan fingerprint density at radius 2 is 2.07 bits per heavy atom. The normalized spacial score (nSPS) is 16.3. The van der Waals surface area contributed by atoms with Crippen LogP contribution in [0.4, 0.5) is 5.69 Å². The number of nitrogens with zero attached hydrogens (tertiary/aromatic N) is 5. The molecule has 2 aromatic heterocycles. The van der Waals surface area contributed by atoms with E-state index in [0.29, 0.717) is 30.3 Å². The van der Waals surface area contributed by atoms with Crippen LogP contribution in [-0.2, 0) is 18.3 Å². The molecule has 1 fully saturated rings. The molecule has 2 aromatic rings. The molecule has 8 nitrogen and oxygen atoms in total. The van der Waals surface area contributed by atoms with Gasteiger partial charge in [0.05, 0.1) is 12.0 Å². The SMILES string of the molecule is Cn1cnc(C(=O)N2CCC(CCCCNC(=O)C3=Nc4ccncc4C3)CC2)c1. The minimum atomic E-state index is -0.0763.